The molecule has 0 atom stereocenters. The van der Waals surface area contributed by atoms with Crippen LogP contribution in [0.4, 0.5) is 20.3 Å². The van der Waals surface area contributed by atoms with Crippen molar-refractivity contribution in [2.45, 2.75) is 18.8 Å². The predicted octanol–water partition coefficient (Wildman–Crippen LogP) is 2.78. The zero-order valence-corrected chi connectivity index (χ0v) is 15.5. The summed E-state index contributed by atoms with van der Waals surface area (Å²) in [5.41, 5.74) is 9.61. The van der Waals surface area contributed by atoms with Crippen LogP contribution in [0.25, 0.3) is 5.57 Å². The van der Waals surface area contributed by atoms with Gasteiger partial charge in [-0.3, -0.25) is 5.41 Å². The quantitative estimate of drug-likeness (QED) is 0.483. The fourth-order valence-corrected chi connectivity index (χ4v) is 3.48. The average molecular weight is 383 g/mol. The van der Waals surface area contributed by atoms with Gasteiger partial charge in [0.2, 0.25) is 0 Å². The van der Waals surface area contributed by atoms with Crippen LogP contribution in [-0.4, -0.2) is 52.5 Å². The second-order valence-corrected chi connectivity index (χ2v) is 7.20. The first kappa shape index (κ1) is 18.2. The number of nitrogens with two attached hydrogens (primary N) is 1. The monoisotopic (exact) mass is 383 g/mol. The standard InChI is InChI=1S/C20H21F2N6/c1-27-9-14(10-27)13-3-4-16(23)15(7-13)19(24)17-8-18(26-12-25-17)28-6-2-5-20(21,22)11-28/h3-4,7-10,12,24H,2,5-6,11,23H2,1H3/q+1. The molecule has 0 bridgehead atoms. The summed E-state index contributed by atoms with van der Waals surface area (Å²) in [7, 11) is 1.94. The van der Waals surface area contributed by atoms with Crippen molar-refractivity contribution in [3.8, 4) is 0 Å². The van der Waals surface area contributed by atoms with E-state index < -0.39 is 5.92 Å². The molecule has 0 saturated carbocycles. The Hall–Kier alpha value is -3.16. The Bertz CT molecular complexity index is 1010. The summed E-state index contributed by atoms with van der Waals surface area (Å²) in [6.07, 6.45) is 5.57. The van der Waals surface area contributed by atoms with E-state index >= 15 is 0 Å². The number of nitrogen functional groups attached to an aromatic ring is 1. The molecule has 0 spiro atoms. The maximum absolute atomic E-state index is 13.7. The highest BCUT2D eigenvalue weighted by atomic mass is 19.3. The van der Waals surface area contributed by atoms with E-state index in [2.05, 4.69) is 9.97 Å². The van der Waals surface area contributed by atoms with E-state index in [1.54, 1.807) is 17.0 Å². The van der Waals surface area contributed by atoms with Crippen LogP contribution >= 0.6 is 0 Å². The van der Waals surface area contributed by atoms with E-state index in [1.165, 1.54) is 6.33 Å². The van der Waals surface area contributed by atoms with Crippen LogP contribution < -0.4 is 10.6 Å². The highest BCUT2D eigenvalue weighted by Gasteiger charge is 2.35. The maximum atomic E-state index is 13.7. The second kappa shape index (κ2) is 6.78. The number of piperidine rings is 1. The number of aromatic nitrogens is 2. The zero-order chi connectivity index (χ0) is 19.9. The van der Waals surface area contributed by atoms with Gasteiger partial charge in [0.1, 0.15) is 24.8 Å². The molecule has 144 valence electrons. The molecule has 8 heteroatoms. The Balaban J connectivity index is 1.62. The number of alkyl halides is 2. The van der Waals surface area contributed by atoms with Crippen LogP contribution in [0.1, 0.15) is 29.7 Å². The molecule has 1 aromatic heterocycles. The Morgan fingerprint density at radius 3 is 2.79 bits per heavy atom. The average Bonchev–Trinajstić information content (AvgIpc) is 2.65. The molecule has 3 N–H and O–H groups in total. The fourth-order valence-electron chi connectivity index (χ4n) is 3.48. The first-order valence-electron chi connectivity index (χ1n) is 9.05. The first-order valence-corrected chi connectivity index (χ1v) is 9.05. The summed E-state index contributed by atoms with van der Waals surface area (Å²) in [6.45, 7) is 0.139. The largest absolute Gasteiger partial charge is 0.398 e. The summed E-state index contributed by atoms with van der Waals surface area (Å²) >= 11 is 0. The zero-order valence-electron chi connectivity index (χ0n) is 15.5. The number of hydrogen-bond acceptors (Lipinski definition) is 5. The Kier molecular flexibility index (Phi) is 4.41. The topological polar surface area (TPSA) is 81.9 Å². The number of nitrogens with one attached hydrogen (secondary N) is 1. The fraction of sp³-hybridized carbons (Fsp3) is 0.300. The van der Waals surface area contributed by atoms with Gasteiger partial charge in [0, 0.05) is 30.3 Å². The molecule has 0 unspecified atom stereocenters. The van der Waals surface area contributed by atoms with Crippen molar-refractivity contribution in [3.05, 3.63) is 53.6 Å². The van der Waals surface area contributed by atoms with Gasteiger partial charge in [-0.05, 0) is 24.1 Å². The third-order valence-electron chi connectivity index (χ3n) is 4.97. The Morgan fingerprint density at radius 1 is 1.29 bits per heavy atom. The van der Waals surface area contributed by atoms with Gasteiger partial charge in [-0.15, -0.1) is 0 Å². The first-order chi connectivity index (χ1) is 13.3. The van der Waals surface area contributed by atoms with Gasteiger partial charge in [-0.25, -0.2) is 23.3 Å². The molecule has 0 amide bonds. The number of allylic oxidation sites excluding steroid dienone is 1. The lowest BCUT2D eigenvalue weighted by atomic mass is 9.97. The summed E-state index contributed by atoms with van der Waals surface area (Å²) in [5.74, 6) is -2.32. The Labute approximate surface area is 161 Å². The number of nitrogens with zero attached hydrogens (tertiary/aromatic N) is 4. The maximum Gasteiger partial charge on any atom is 0.265 e. The summed E-state index contributed by atoms with van der Waals surface area (Å²) < 4.78 is 29.4. The molecular weight excluding hydrogens is 362 g/mol. The SMILES string of the molecule is C[N+]1=CC(c2ccc(N)c(C(=N)c3cc(N4CCCC(F)(F)C4)ncn3)c2)=C1. The molecule has 1 aromatic carbocycles. The minimum absolute atomic E-state index is 0.108. The van der Waals surface area contributed by atoms with Crippen LogP contribution in [0.15, 0.2) is 36.8 Å². The number of halogens is 2. The third kappa shape index (κ3) is 3.49. The summed E-state index contributed by atoms with van der Waals surface area (Å²) in [4.78, 5) is 9.86. The minimum Gasteiger partial charge on any atom is -0.398 e. The van der Waals surface area contributed by atoms with Crippen molar-refractivity contribution in [1.82, 2.24) is 9.97 Å². The van der Waals surface area contributed by atoms with E-state index in [1.807, 2.05) is 36.2 Å². The molecule has 4 rings (SSSR count). The highest BCUT2D eigenvalue weighted by Crippen LogP contribution is 2.30. The van der Waals surface area contributed by atoms with Gasteiger partial charge >= 0.3 is 0 Å². The number of benzene rings is 1. The summed E-state index contributed by atoms with van der Waals surface area (Å²) in [6, 6.07) is 7.10. The van der Waals surface area contributed by atoms with Gasteiger partial charge in [-0.2, -0.15) is 0 Å². The van der Waals surface area contributed by atoms with Gasteiger partial charge in [-0.1, -0.05) is 6.07 Å². The van der Waals surface area contributed by atoms with Crippen molar-refractivity contribution in [1.29, 1.82) is 5.41 Å². The predicted molar refractivity (Wildman–Crippen MR) is 105 cm³/mol. The second-order valence-electron chi connectivity index (χ2n) is 7.20. The van der Waals surface area contributed by atoms with Crippen LogP contribution in [0, 0.1) is 5.41 Å². The molecule has 28 heavy (non-hydrogen) atoms. The molecular formula is C20H21F2N6+. The van der Waals surface area contributed by atoms with E-state index in [-0.39, 0.29) is 18.7 Å². The van der Waals surface area contributed by atoms with Crippen molar-refractivity contribution < 1.29 is 13.4 Å². The van der Waals surface area contributed by atoms with Gasteiger partial charge in [0.25, 0.3) is 5.92 Å². The molecule has 0 aliphatic carbocycles. The van der Waals surface area contributed by atoms with Crippen LogP contribution in [0.5, 0.6) is 0 Å². The lowest BCUT2D eigenvalue weighted by Gasteiger charge is -2.33. The summed E-state index contributed by atoms with van der Waals surface area (Å²) in [5, 5.41) is 8.58. The third-order valence-corrected chi connectivity index (χ3v) is 4.97. The lowest BCUT2D eigenvalue weighted by Crippen LogP contribution is -2.43. The normalized spacial score (nSPS) is 18.2. The Morgan fingerprint density at radius 2 is 2.07 bits per heavy atom. The smallest absolute Gasteiger partial charge is 0.265 e. The number of hydrogen-bond donors (Lipinski definition) is 2. The molecule has 3 heterocycles. The van der Waals surface area contributed by atoms with Crippen molar-refractivity contribution in [2.24, 2.45) is 0 Å². The van der Waals surface area contributed by atoms with Crippen molar-refractivity contribution in [2.75, 3.05) is 30.8 Å². The van der Waals surface area contributed by atoms with E-state index in [0.717, 1.165) is 11.1 Å². The van der Waals surface area contributed by atoms with Gasteiger partial charge < -0.3 is 10.6 Å². The number of rotatable bonds is 4. The molecule has 1 fully saturated rings. The van der Waals surface area contributed by atoms with Gasteiger partial charge in [0.15, 0.2) is 12.4 Å². The number of anilines is 2. The van der Waals surface area contributed by atoms with E-state index in [4.69, 9.17) is 11.1 Å². The van der Waals surface area contributed by atoms with Crippen LogP contribution in [0.3, 0.4) is 0 Å². The molecule has 1 saturated heterocycles. The highest BCUT2D eigenvalue weighted by molar-refractivity contribution is 6.15. The molecule has 6 nitrogen and oxygen atoms in total. The van der Waals surface area contributed by atoms with E-state index in [0.29, 0.717) is 35.7 Å². The van der Waals surface area contributed by atoms with Crippen LogP contribution in [-0.2, 0) is 0 Å². The minimum atomic E-state index is -2.73. The van der Waals surface area contributed by atoms with Gasteiger partial charge in [0.05, 0.1) is 18.0 Å². The molecule has 2 aliphatic heterocycles. The lowest BCUT2D eigenvalue weighted by molar-refractivity contribution is -0.423. The molecule has 2 aromatic rings. The van der Waals surface area contributed by atoms with Crippen molar-refractivity contribution >= 4 is 29.0 Å². The van der Waals surface area contributed by atoms with Crippen LogP contribution in [0.2, 0.25) is 0 Å². The molecule has 0 radical (unpaired) electrons. The molecule has 2 aliphatic rings. The van der Waals surface area contributed by atoms with E-state index in [9.17, 15) is 8.78 Å². The van der Waals surface area contributed by atoms with Crippen molar-refractivity contribution in [3.63, 3.8) is 0 Å².